The van der Waals surface area contributed by atoms with Crippen molar-refractivity contribution in [2.45, 2.75) is 38.5 Å². The summed E-state index contributed by atoms with van der Waals surface area (Å²) < 4.78 is 39.1. The van der Waals surface area contributed by atoms with Gasteiger partial charge in [-0.3, -0.25) is 4.79 Å². The molecular weight excluding hydrogens is 323 g/mol. The molecule has 0 radical (unpaired) electrons. The molecular formula is C16H20F3N3O2. The van der Waals surface area contributed by atoms with Crippen LogP contribution in [0.4, 0.5) is 18.0 Å². The van der Waals surface area contributed by atoms with Crippen molar-refractivity contribution in [3.05, 3.63) is 35.4 Å². The van der Waals surface area contributed by atoms with Crippen LogP contribution < -0.4 is 10.6 Å². The van der Waals surface area contributed by atoms with Gasteiger partial charge in [-0.05, 0) is 18.1 Å². The lowest BCUT2D eigenvalue weighted by Gasteiger charge is -2.20. The highest BCUT2D eigenvalue weighted by atomic mass is 19.4. The first kappa shape index (κ1) is 18.1. The molecule has 2 N–H and O–H groups in total. The fraction of sp³-hybridized carbons (Fsp3) is 0.500. The smallest absolute Gasteiger partial charge is 0.338 e. The molecule has 24 heavy (non-hydrogen) atoms. The monoisotopic (exact) mass is 343 g/mol. The zero-order valence-corrected chi connectivity index (χ0v) is 13.3. The van der Waals surface area contributed by atoms with Crippen molar-refractivity contribution < 1.29 is 22.8 Å². The number of benzene rings is 1. The number of nitrogens with zero attached hydrogens (tertiary/aromatic N) is 1. The van der Waals surface area contributed by atoms with Crippen LogP contribution in [0.25, 0.3) is 0 Å². The number of hydrogen-bond donors (Lipinski definition) is 2. The van der Waals surface area contributed by atoms with E-state index in [1.54, 1.807) is 0 Å². The van der Waals surface area contributed by atoms with Gasteiger partial charge in [0.15, 0.2) is 0 Å². The van der Waals surface area contributed by atoms with E-state index in [4.69, 9.17) is 0 Å². The molecule has 1 aliphatic heterocycles. The summed E-state index contributed by atoms with van der Waals surface area (Å²) in [5.41, 5.74) is -0.690. The second-order valence-electron chi connectivity index (χ2n) is 5.73. The summed E-state index contributed by atoms with van der Waals surface area (Å²) >= 11 is 0. The van der Waals surface area contributed by atoms with E-state index in [0.717, 1.165) is 12.5 Å². The van der Waals surface area contributed by atoms with Gasteiger partial charge in [-0.25, -0.2) is 4.79 Å². The fourth-order valence-electron chi connectivity index (χ4n) is 2.64. The molecule has 1 aromatic rings. The third-order valence-corrected chi connectivity index (χ3v) is 3.77. The Balaban J connectivity index is 2.00. The molecule has 0 aliphatic carbocycles. The quantitative estimate of drug-likeness (QED) is 0.863. The topological polar surface area (TPSA) is 61.4 Å². The Bertz CT molecular complexity index is 604. The van der Waals surface area contributed by atoms with E-state index < -0.39 is 17.8 Å². The van der Waals surface area contributed by atoms with Crippen molar-refractivity contribution in [3.8, 4) is 0 Å². The Labute approximate surface area is 138 Å². The predicted molar refractivity (Wildman–Crippen MR) is 82.1 cm³/mol. The number of alkyl halides is 3. The Morgan fingerprint density at radius 3 is 2.71 bits per heavy atom. The van der Waals surface area contributed by atoms with Crippen molar-refractivity contribution in [2.75, 3.05) is 13.1 Å². The number of halogens is 3. The van der Waals surface area contributed by atoms with Crippen molar-refractivity contribution in [1.29, 1.82) is 0 Å². The molecule has 0 aromatic heterocycles. The number of amides is 3. The predicted octanol–water partition coefficient (Wildman–Crippen LogP) is 2.52. The van der Waals surface area contributed by atoms with Gasteiger partial charge in [-0.15, -0.1) is 0 Å². The molecule has 8 heteroatoms. The standard InChI is InChI=1S/C16H20F3N3O2/c1-2-7-20-15(24)21-12-8-14(23)22(10-12)9-11-5-3-4-6-13(11)16(17,18)19/h3-6,12H,2,7-10H2,1H3,(H2,20,21,24)/t12-/m1/s1. The van der Waals surface area contributed by atoms with E-state index in [1.165, 1.54) is 23.1 Å². The van der Waals surface area contributed by atoms with Crippen LogP contribution in [0.15, 0.2) is 24.3 Å². The van der Waals surface area contributed by atoms with Crippen molar-refractivity contribution in [1.82, 2.24) is 15.5 Å². The summed E-state index contributed by atoms with van der Waals surface area (Å²) in [6.45, 7) is 2.52. The van der Waals surface area contributed by atoms with E-state index in [9.17, 15) is 22.8 Å². The molecule has 0 bridgehead atoms. The Hall–Kier alpha value is -2.25. The van der Waals surface area contributed by atoms with Gasteiger partial charge in [0.1, 0.15) is 0 Å². The van der Waals surface area contributed by atoms with Crippen LogP contribution in [0.5, 0.6) is 0 Å². The Morgan fingerprint density at radius 2 is 2.04 bits per heavy atom. The van der Waals surface area contributed by atoms with Gasteiger partial charge in [-0.1, -0.05) is 25.1 Å². The molecule has 0 spiro atoms. The van der Waals surface area contributed by atoms with E-state index in [1.807, 2.05) is 6.92 Å². The summed E-state index contributed by atoms with van der Waals surface area (Å²) in [5.74, 6) is -0.271. The normalized spacial score (nSPS) is 17.9. The van der Waals surface area contributed by atoms with Crippen molar-refractivity contribution in [3.63, 3.8) is 0 Å². The summed E-state index contributed by atoms with van der Waals surface area (Å²) in [6, 6.07) is 4.44. The maximum atomic E-state index is 13.0. The zero-order chi connectivity index (χ0) is 17.7. The van der Waals surface area contributed by atoms with Gasteiger partial charge < -0.3 is 15.5 Å². The van der Waals surface area contributed by atoms with Crippen LogP contribution >= 0.6 is 0 Å². The van der Waals surface area contributed by atoms with E-state index >= 15 is 0 Å². The van der Waals surface area contributed by atoms with Crippen LogP contribution in [-0.2, 0) is 17.5 Å². The maximum Gasteiger partial charge on any atom is 0.416 e. The Morgan fingerprint density at radius 1 is 1.33 bits per heavy atom. The first-order valence-electron chi connectivity index (χ1n) is 7.78. The lowest BCUT2D eigenvalue weighted by Crippen LogP contribution is -2.43. The molecule has 1 heterocycles. The van der Waals surface area contributed by atoms with Crippen molar-refractivity contribution >= 4 is 11.9 Å². The van der Waals surface area contributed by atoms with Gasteiger partial charge in [-0.2, -0.15) is 13.2 Å². The lowest BCUT2D eigenvalue weighted by molar-refractivity contribution is -0.139. The number of hydrogen-bond acceptors (Lipinski definition) is 2. The summed E-state index contributed by atoms with van der Waals surface area (Å²) in [4.78, 5) is 25.0. The Kier molecular flexibility index (Phi) is 5.69. The van der Waals surface area contributed by atoms with Crippen LogP contribution in [0.1, 0.15) is 30.9 Å². The molecule has 1 atom stereocenters. The molecule has 5 nitrogen and oxygen atoms in total. The molecule has 3 amide bonds. The largest absolute Gasteiger partial charge is 0.416 e. The van der Waals surface area contributed by atoms with Crippen LogP contribution in [0.2, 0.25) is 0 Å². The number of likely N-dealkylation sites (tertiary alicyclic amines) is 1. The highest BCUT2D eigenvalue weighted by molar-refractivity contribution is 5.81. The average Bonchev–Trinajstić information content (AvgIpc) is 2.84. The third-order valence-electron chi connectivity index (χ3n) is 3.77. The van der Waals surface area contributed by atoms with Crippen LogP contribution in [0, 0.1) is 0 Å². The molecule has 0 unspecified atom stereocenters. The molecule has 0 saturated carbocycles. The molecule has 1 aromatic carbocycles. The second-order valence-corrected chi connectivity index (χ2v) is 5.73. The van der Waals surface area contributed by atoms with Gasteiger partial charge in [0.05, 0.1) is 11.6 Å². The summed E-state index contributed by atoms with van der Waals surface area (Å²) in [5, 5.41) is 5.31. The number of urea groups is 1. The van der Waals surface area contributed by atoms with E-state index in [0.29, 0.717) is 6.54 Å². The number of nitrogens with one attached hydrogen (secondary N) is 2. The van der Waals surface area contributed by atoms with Gasteiger partial charge in [0, 0.05) is 26.1 Å². The number of rotatable bonds is 5. The molecule has 1 aliphatic rings. The summed E-state index contributed by atoms with van der Waals surface area (Å²) in [6.07, 6.45) is -3.58. The average molecular weight is 343 g/mol. The molecule has 1 fully saturated rings. The van der Waals surface area contributed by atoms with Gasteiger partial charge in [0.2, 0.25) is 5.91 Å². The second kappa shape index (κ2) is 7.55. The first-order valence-corrected chi connectivity index (χ1v) is 7.78. The van der Waals surface area contributed by atoms with Crippen LogP contribution in [-0.4, -0.2) is 36.0 Å². The maximum absolute atomic E-state index is 13.0. The summed E-state index contributed by atoms with van der Waals surface area (Å²) in [7, 11) is 0. The lowest BCUT2D eigenvalue weighted by atomic mass is 10.1. The minimum absolute atomic E-state index is 0.0504. The zero-order valence-electron chi connectivity index (χ0n) is 13.3. The first-order chi connectivity index (χ1) is 11.3. The molecule has 1 saturated heterocycles. The minimum atomic E-state index is -4.46. The fourth-order valence-corrected chi connectivity index (χ4v) is 2.64. The van der Waals surface area contributed by atoms with Crippen molar-refractivity contribution in [2.24, 2.45) is 0 Å². The van der Waals surface area contributed by atoms with Crippen LogP contribution in [0.3, 0.4) is 0 Å². The third kappa shape index (κ3) is 4.62. The van der Waals surface area contributed by atoms with Gasteiger partial charge >= 0.3 is 12.2 Å². The van der Waals surface area contributed by atoms with E-state index in [2.05, 4.69) is 10.6 Å². The minimum Gasteiger partial charge on any atom is -0.338 e. The highest BCUT2D eigenvalue weighted by Crippen LogP contribution is 2.32. The molecule has 132 valence electrons. The number of carbonyl (C=O) groups is 2. The van der Waals surface area contributed by atoms with E-state index in [-0.39, 0.29) is 37.0 Å². The molecule has 2 rings (SSSR count). The van der Waals surface area contributed by atoms with Gasteiger partial charge in [0.25, 0.3) is 0 Å². The highest BCUT2D eigenvalue weighted by Gasteiger charge is 2.35. The number of carbonyl (C=O) groups excluding carboxylic acids is 2. The SMILES string of the molecule is CCCNC(=O)N[C@@H]1CC(=O)N(Cc2ccccc2C(F)(F)F)C1.